The standard InChI is InChI=1S/C21H45NO2/c1-3-4-5-6-7-8-9-10-11-12-13-14-15-16-17-18-19-20(2)21(22,23)24/h20,23-24H,3-19,22H2,1-2H3. The van der Waals surface area contributed by atoms with E-state index in [0.29, 0.717) is 0 Å². The molecule has 0 aliphatic heterocycles. The molecule has 0 aromatic rings. The van der Waals surface area contributed by atoms with Gasteiger partial charge >= 0.3 is 0 Å². The van der Waals surface area contributed by atoms with Crippen LogP contribution in [-0.4, -0.2) is 16.1 Å². The minimum atomic E-state index is -2.00. The summed E-state index contributed by atoms with van der Waals surface area (Å²) in [7, 11) is 0. The maximum Gasteiger partial charge on any atom is 0.222 e. The molecule has 0 fully saturated rings. The van der Waals surface area contributed by atoms with Gasteiger partial charge in [0.1, 0.15) is 0 Å². The van der Waals surface area contributed by atoms with E-state index in [1.165, 1.54) is 96.3 Å². The van der Waals surface area contributed by atoms with Crippen molar-refractivity contribution in [3.63, 3.8) is 0 Å². The van der Waals surface area contributed by atoms with Crippen molar-refractivity contribution in [3.05, 3.63) is 0 Å². The summed E-state index contributed by atoms with van der Waals surface area (Å²) in [5.41, 5.74) is 5.26. The third-order valence-electron chi connectivity index (χ3n) is 5.22. The number of nitrogens with two attached hydrogens (primary N) is 1. The molecular formula is C21H45NO2. The van der Waals surface area contributed by atoms with Gasteiger partial charge in [0.2, 0.25) is 5.91 Å². The molecule has 0 radical (unpaired) electrons. The molecular weight excluding hydrogens is 298 g/mol. The Morgan fingerprint density at radius 1 is 0.625 bits per heavy atom. The molecule has 146 valence electrons. The van der Waals surface area contributed by atoms with Crippen LogP contribution in [0.5, 0.6) is 0 Å². The Balaban J connectivity index is 3.10. The number of hydrogen-bond acceptors (Lipinski definition) is 3. The predicted octanol–water partition coefficient (Wildman–Crippen LogP) is 5.87. The summed E-state index contributed by atoms with van der Waals surface area (Å²) < 4.78 is 0. The maximum atomic E-state index is 9.25. The quantitative estimate of drug-likeness (QED) is 0.215. The second kappa shape index (κ2) is 16.4. The van der Waals surface area contributed by atoms with Gasteiger partial charge in [-0.1, -0.05) is 117 Å². The van der Waals surface area contributed by atoms with E-state index in [1.807, 2.05) is 0 Å². The van der Waals surface area contributed by atoms with E-state index >= 15 is 0 Å². The summed E-state index contributed by atoms with van der Waals surface area (Å²) in [6, 6.07) is 0. The molecule has 3 nitrogen and oxygen atoms in total. The summed E-state index contributed by atoms with van der Waals surface area (Å²) >= 11 is 0. The average molecular weight is 344 g/mol. The molecule has 0 aliphatic carbocycles. The summed E-state index contributed by atoms with van der Waals surface area (Å²) in [4.78, 5) is 0. The van der Waals surface area contributed by atoms with Crippen LogP contribution in [0.15, 0.2) is 0 Å². The highest BCUT2D eigenvalue weighted by atomic mass is 16.5. The van der Waals surface area contributed by atoms with Crippen molar-refractivity contribution in [1.82, 2.24) is 0 Å². The molecule has 0 aromatic heterocycles. The predicted molar refractivity (Wildman–Crippen MR) is 105 cm³/mol. The monoisotopic (exact) mass is 343 g/mol. The van der Waals surface area contributed by atoms with Crippen LogP contribution < -0.4 is 5.73 Å². The Kier molecular flexibility index (Phi) is 16.3. The second-order valence-corrected chi connectivity index (χ2v) is 7.78. The Labute approximate surface area is 151 Å². The molecule has 0 amide bonds. The topological polar surface area (TPSA) is 66.5 Å². The molecule has 0 spiro atoms. The molecule has 3 heteroatoms. The van der Waals surface area contributed by atoms with E-state index in [9.17, 15) is 10.2 Å². The summed E-state index contributed by atoms with van der Waals surface area (Å²) in [5.74, 6) is -2.25. The van der Waals surface area contributed by atoms with Crippen molar-refractivity contribution in [3.8, 4) is 0 Å². The van der Waals surface area contributed by atoms with Gasteiger partial charge in [0.05, 0.1) is 0 Å². The molecule has 0 rings (SSSR count). The van der Waals surface area contributed by atoms with E-state index in [-0.39, 0.29) is 5.92 Å². The average Bonchev–Trinajstić information content (AvgIpc) is 2.53. The Morgan fingerprint density at radius 3 is 1.21 bits per heavy atom. The molecule has 4 N–H and O–H groups in total. The first-order valence-corrected chi connectivity index (χ1v) is 10.7. The van der Waals surface area contributed by atoms with Crippen molar-refractivity contribution >= 4 is 0 Å². The third-order valence-corrected chi connectivity index (χ3v) is 5.22. The van der Waals surface area contributed by atoms with Crippen LogP contribution in [0.2, 0.25) is 0 Å². The van der Waals surface area contributed by atoms with Gasteiger partial charge in [-0.2, -0.15) is 0 Å². The van der Waals surface area contributed by atoms with Crippen molar-refractivity contribution in [2.45, 2.75) is 129 Å². The van der Waals surface area contributed by atoms with Gasteiger partial charge in [0, 0.05) is 5.92 Å². The largest absolute Gasteiger partial charge is 0.353 e. The molecule has 24 heavy (non-hydrogen) atoms. The third kappa shape index (κ3) is 16.7. The SMILES string of the molecule is CCCCCCCCCCCCCCCCCCC(C)C(N)(O)O. The highest BCUT2D eigenvalue weighted by molar-refractivity contribution is 4.64. The molecule has 0 aromatic carbocycles. The van der Waals surface area contributed by atoms with Crippen molar-refractivity contribution in [1.29, 1.82) is 0 Å². The fourth-order valence-electron chi connectivity index (χ4n) is 3.21. The molecule has 0 saturated carbocycles. The smallest absolute Gasteiger partial charge is 0.222 e. The lowest BCUT2D eigenvalue weighted by atomic mass is 9.98. The van der Waals surface area contributed by atoms with Gasteiger partial charge in [-0.3, -0.25) is 5.73 Å². The molecule has 1 unspecified atom stereocenters. The fourth-order valence-corrected chi connectivity index (χ4v) is 3.21. The van der Waals surface area contributed by atoms with E-state index in [4.69, 9.17) is 5.73 Å². The van der Waals surface area contributed by atoms with Crippen LogP contribution in [0.1, 0.15) is 123 Å². The minimum absolute atomic E-state index is 0.246. The maximum absolute atomic E-state index is 9.25. The fraction of sp³-hybridized carbons (Fsp3) is 1.00. The van der Waals surface area contributed by atoms with Crippen LogP contribution in [0.3, 0.4) is 0 Å². The highest BCUT2D eigenvalue weighted by Gasteiger charge is 2.24. The first-order chi connectivity index (χ1) is 11.5. The minimum Gasteiger partial charge on any atom is -0.353 e. The van der Waals surface area contributed by atoms with Crippen LogP contribution in [0, 0.1) is 5.92 Å². The van der Waals surface area contributed by atoms with Gasteiger partial charge in [-0.25, -0.2) is 0 Å². The van der Waals surface area contributed by atoms with Crippen LogP contribution >= 0.6 is 0 Å². The first-order valence-electron chi connectivity index (χ1n) is 10.7. The van der Waals surface area contributed by atoms with Gasteiger partial charge in [-0.05, 0) is 6.42 Å². The van der Waals surface area contributed by atoms with Crippen molar-refractivity contribution in [2.24, 2.45) is 11.7 Å². The number of hydrogen-bond donors (Lipinski definition) is 3. The lowest BCUT2D eigenvalue weighted by Crippen LogP contribution is -2.45. The van der Waals surface area contributed by atoms with E-state index in [0.717, 1.165) is 12.8 Å². The van der Waals surface area contributed by atoms with Crippen LogP contribution in [0.4, 0.5) is 0 Å². The van der Waals surface area contributed by atoms with Crippen LogP contribution in [-0.2, 0) is 0 Å². The van der Waals surface area contributed by atoms with E-state index in [2.05, 4.69) is 6.92 Å². The number of aliphatic hydroxyl groups is 2. The Hall–Kier alpha value is -0.120. The van der Waals surface area contributed by atoms with Crippen LogP contribution in [0.25, 0.3) is 0 Å². The molecule has 0 heterocycles. The van der Waals surface area contributed by atoms with E-state index in [1.54, 1.807) is 6.92 Å². The molecule has 0 saturated heterocycles. The van der Waals surface area contributed by atoms with Gasteiger partial charge in [-0.15, -0.1) is 0 Å². The zero-order valence-electron chi connectivity index (χ0n) is 16.6. The number of rotatable bonds is 18. The van der Waals surface area contributed by atoms with Gasteiger partial charge < -0.3 is 10.2 Å². The summed E-state index contributed by atoms with van der Waals surface area (Å²) in [6.45, 7) is 4.07. The number of unbranched alkanes of at least 4 members (excludes halogenated alkanes) is 15. The Bertz CT molecular complexity index is 251. The lowest BCUT2D eigenvalue weighted by molar-refractivity contribution is -0.192. The summed E-state index contributed by atoms with van der Waals surface area (Å²) in [5, 5.41) is 18.5. The molecule has 0 bridgehead atoms. The first kappa shape index (κ1) is 23.9. The normalized spacial score (nSPS) is 13.4. The van der Waals surface area contributed by atoms with Crippen molar-refractivity contribution in [2.75, 3.05) is 0 Å². The van der Waals surface area contributed by atoms with Gasteiger partial charge in [0.25, 0.3) is 0 Å². The molecule has 0 aliphatic rings. The molecule has 1 atom stereocenters. The second-order valence-electron chi connectivity index (χ2n) is 7.78. The zero-order chi connectivity index (χ0) is 18.1. The van der Waals surface area contributed by atoms with Gasteiger partial charge in [0.15, 0.2) is 0 Å². The zero-order valence-corrected chi connectivity index (χ0v) is 16.6. The van der Waals surface area contributed by atoms with Crippen molar-refractivity contribution < 1.29 is 10.2 Å². The lowest BCUT2D eigenvalue weighted by Gasteiger charge is -2.23. The van der Waals surface area contributed by atoms with E-state index < -0.39 is 5.91 Å². The highest BCUT2D eigenvalue weighted by Crippen LogP contribution is 2.18. The summed E-state index contributed by atoms with van der Waals surface area (Å²) in [6.07, 6.45) is 22.5. The Morgan fingerprint density at radius 2 is 0.917 bits per heavy atom.